The second-order valence-electron chi connectivity index (χ2n) is 10.4. The lowest BCUT2D eigenvalue weighted by molar-refractivity contribution is -0.140. The first-order chi connectivity index (χ1) is 14.3. The zero-order chi connectivity index (χ0) is 21.3. The van der Waals surface area contributed by atoms with E-state index in [1.54, 1.807) is 0 Å². The first kappa shape index (κ1) is 22.1. The van der Waals surface area contributed by atoms with Crippen LogP contribution in [0.5, 0.6) is 0 Å². The van der Waals surface area contributed by atoms with Gasteiger partial charge in [-0.05, 0) is 104 Å². The van der Waals surface area contributed by atoms with E-state index in [4.69, 9.17) is 0 Å². The Hall–Kier alpha value is -1.06. The van der Waals surface area contributed by atoms with Gasteiger partial charge in [-0.3, -0.25) is 0 Å². The zero-order valence-electron chi connectivity index (χ0n) is 18.2. The van der Waals surface area contributed by atoms with E-state index in [2.05, 4.69) is 6.92 Å². The molecule has 0 saturated heterocycles. The largest absolute Gasteiger partial charge is 0.419 e. The van der Waals surface area contributed by atoms with Gasteiger partial charge in [-0.25, -0.2) is 4.39 Å². The number of unbranched alkanes of at least 4 members (excludes halogenated alkanes) is 2. The van der Waals surface area contributed by atoms with Crippen LogP contribution in [-0.2, 0) is 19.0 Å². The van der Waals surface area contributed by atoms with E-state index >= 15 is 0 Å². The number of hydrogen-bond acceptors (Lipinski definition) is 0. The van der Waals surface area contributed by atoms with Gasteiger partial charge in [0.1, 0.15) is 5.82 Å². The fourth-order valence-corrected chi connectivity index (χ4v) is 6.82. The maximum absolute atomic E-state index is 14.1. The van der Waals surface area contributed by atoms with Gasteiger partial charge in [-0.15, -0.1) is 0 Å². The second-order valence-corrected chi connectivity index (χ2v) is 10.4. The van der Waals surface area contributed by atoms with Crippen LogP contribution < -0.4 is 0 Å². The molecule has 1 aromatic rings. The standard InChI is InChI=1S/C26H36F4/c1-2-3-4-5-17-6-7-19-13-20(9-8-18(19)12-17)21-10-11-22-15-24(26(28,29)30)25(27)16-23(22)14-21/h15-21H,2-14H2,1H3. The third kappa shape index (κ3) is 4.88. The summed E-state index contributed by atoms with van der Waals surface area (Å²) in [6.45, 7) is 2.27. The third-order valence-corrected chi connectivity index (χ3v) is 8.51. The van der Waals surface area contributed by atoms with Crippen LogP contribution in [0.1, 0.15) is 94.2 Å². The van der Waals surface area contributed by atoms with Crippen molar-refractivity contribution in [2.24, 2.45) is 29.6 Å². The van der Waals surface area contributed by atoms with Crippen LogP contribution in [0.3, 0.4) is 0 Å². The Bertz CT molecular complexity index is 722. The van der Waals surface area contributed by atoms with Crippen LogP contribution in [-0.4, -0.2) is 0 Å². The van der Waals surface area contributed by atoms with Crippen LogP contribution in [0, 0.1) is 35.4 Å². The molecule has 1 aromatic carbocycles. The number of fused-ring (bicyclic) bond motifs is 2. The fourth-order valence-electron chi connectivity index (χ4n) is 6.82. The quantitative estimate of drug-likeness (QED) is 0.329. The summed E-state index contributed by atoms with van der Waals surface area (Å²) in [6.07, 6.45) is 11.3. The van der Waals surface area contributed by atoms with E-state index in [1.807, 2.05) is 0 Å². The first-order valence-corrected chi connectivity index (χ1v) is 12.2. The number of rotatable bonds is 5. The monoisotopic (exact) mass is 424 g/mol. The molecular formula is C26H36F4. The van der Waals surface area contributed by atoms with Crippen molar-refractivity contribution in [2.75, 3.05) is 0 Å². The van der Waals surface area contributed by atoms with Gasteiger partial charge < -0.3 is 0 Å². The van der Waals surface area contributed by atoms with E-state index in [9.17, 15) is 17.6 Å². The normalized spacial score (nSPS) is 31.8. The summed E-state index contributed by atoms with van der Waals surface area (Å²) in [6, 6.07) is 2.25. The summed E-state index contributed by atoms with van der Waals surface area (Å²) in [5.41, 5.74) is 0.427. The van der Waals surface area contributed by atoms with Gasteiger partial charge in [0.25, 0.3) is 0 Å². The first-order valence-electron chi connectivity index (χ1n) is 12.2. The van der Waals surface area contributed by atoms with Gasteiger partial charge in [-0.1, -0.05) is 39.0 Å². The number of halogens is 4. The SMILES string of the molecule is CCCCCC1CCC2CC(C3CCc4cc(C(F)(F)F)c(F)cc4C3)CCC2C1. The summed E-state index contributed by atoms with van der Waals surface area (Å²) in [5.74, 6) is 2.74. The van der Waals surface area contributed by atoms with Crippen molar-refractivity contribution in [3.63, 3.8) is 0 Å². The van der Waals surface area contributed by atoms with E-state index in [0.717, 1.165) is 42.2 Å². The number of benzene rings is 1. The zero-order valence-corrected chi connectivity index (χ0v) is 18.2. The van der Waals surface area contributed by atoms with Gasteiger partial charge in [0, 0.05) is 0 Å². The van der Waals surface area contributed by atoms with Crippen molar-refractivity contribution < 1.29 is 17.6 Å². The van der Waals surface area contributed by atoms with Gasteiger partial charge in [0.2, 0.25) is 0 Å². The highest BCUT2D eigenvalue weighted by Gasteiger charge is 2.40. The van der Waals surface area contributed by atoms with Crippen molar-refractivity contribution in [3.05, 3.63) is 34.6 Å². The maximum atomic E-state index is 14.1. The lowest BCUT2D eigenvalue weighted by Crippen LogP contribution is -2.35. The predicted octanol–water partition coefficient (Wildman–Crippen LogP) is 8.36. The Morgan fingerprint density at radius 3 is 2.27 bits per heavy atom. The summed E-state index contributed by atoms with van der Waals surface area (Å²) >= 11 is 0. The lowest BCUT2D eigenvalue weighted by atomic mass is 9.61. The van der Waals surface area contributed by atoms with E-state index in [-0.39, 0.29) is 0 Å². The maximum Gasteiger partial charge on any atom is 0.419 e. The smallest absolute Gasteiger partial charge is 0.206 e. The second kappa shape index (κ2) is 9.20. The Labute approximate surface area is 178 Å². The highest BCUT2D eigenvalue weighted by atomic mass is 19.4. The van der Waals surface area contributed by atoms with Crippen molar-refractivity contribution >= 4 is 0 Å². The molecule has 2 fully saturated rings. The summed E-state index contributed by atoms with van der Waals surface area (Å²) in [5, 5.41) is 0. The molecule has 0 nitrogen and oxygen atoms in total. The van der Waals surface area contributed by atoms with Crippen molar-refractivity contribution in [1.82, 2.24) is 0 Å². The molecule has 3 aliphatic carbocycles. The number of hydrogen-bond donors (Lipinski definition) is 0. The molecule has 2 saturated carbocycles. The molecular weight excluding hydrogens is 388 g/mol. The topological polar surface area (TPSA) is 0 Å². The van der Waals surface area contributed by atoms with Crippen molar-refractivity contribution in [3.8, 4) is 0 Å². The highest BCUT2D eigenvalue weighted by Crippen LogP contribution is 2.49. The molecule has 4 rings (SSSR count). The van der Waals surface area contributed by atoms with Gasteiger partial charge in [0.15, 0.2) is 0 Å². The van der Waals surface area contributed by atoms with Crippen molar-refractivity contribution in [1.29, 1.82) is 0 Å². The molecule has 0 aliphatic heterocycles. The molecule has 5 unspecified atom stereocenters. The van der Waals surface area contributed by atoms with Gasteiger partial charge in [0.05, 0.1) is 5.56 Å². The van der Waals surface area contributed by atoms with E-state index in [0.29, 0.717) is 23.8 Å². The molecule has 5 atom stereocenters. The minimum atomic E-state index is -4.61. The number of alkyl halides is 3. The minimum Gasteiger partial charge on any atom is -0.206 e. The molecule has 0 heterocycles. The Morgan fingerprint density at radius 2 is 1.53 bits per heavy atom. The summed E-state index contributed by atoms with van der Waals surface area (Å²) < 4.78 is 53.1. The van der Waals surface area contributed by atoms with Crippen LogP contribution in [0.2, 0.25) is 0 Å². The fraction of sp³-hybridized carbons (Fsp3) is 0.769. The molecule has 0 N–H and O–H groups in total. The van der Waals surface area contributed by atoms with Crippen LogP contribution in [0.25, 0.3) is 0 Å². The van der Waals surface area contributed by atoms with E-state index < -0.39 is 17.6 Å². The molecule has 4 heteroatoms. The molecule has 0 amide bonds. The summed E-state index contributed by atoms with van der Waals surface area (Å²) in [7, 11) is 0. The molecule has 0 radical (unpaired) electrons. The summed E-state index contributed by atoms with van der Waals surface area (Å²) in [4.78, 5) is 0. The Kier molecular flexibility index (Phi) is 6.79. The minimum absolute atomic E-state index is 0.511. The molecule has 30 heavy (non-hydrogen) atoms. The van der Waals surface area contributed by atoms with Crippen molar-refractivity contribution in [2.45, 2.75) is 96.6 Å². The lowest BCUT2D eigenvalue weighted by Gasteiger charge is -2.45. The van der Waals surface area contributed by atoms with Crippen LogP contribution in [0.15, 0.2) is 12.1 Å². The van der Waals surface area contributed by atoms with Crippen LogP contribution >= 0.6 is 0 Å². The van der Waals surface area contributed by atoms with Gasteiger partial charge in [-0.2, -0.15) is 13.2 Å². The molecule has 0 spiro atoms. The Morgan fingerprint density at radius 1 is 0.833 bits per heavy atom. The highest BCUT2D eigenvalue weighted by molar-refractivity contribution is 5.36. The molecule has 0 bridgehead atoms. The van der Waals surface area contributed by atoms with Gasteiger partial charge >= 0.3 is 6.18 Å². The Balaban J connectivity index is 1.35. The predicted molar refractivity (Wildman–Crippen MR) is 113 cm³/mol. The van der Waals surface area contributed by atoms with Crippen LogP contribution in [0.4, 0.5) is 17.6 Å². The molecule has 0 aromatic heterocycles. The van der Waals surface area contributed by atoms with E-state index in [1.165, 1.54) is 70.3 Å². The third-order valence-electron chi connectivity index (χ3n) is 8.51. The molecule has 168 valence electrons. The average Bonchev–Trinajstić information content (AvgIpc) is 2.72. The average molecular weight is 425 g/mol. The molecule has 3 aliphatic rings. The number of aryl methyl sites for hydroxylation is 1.